The van der Waals surface area contributed by atoms with E-state index in [-0.39, 0.29) is 29.6 Å². The Kier molecular flexibility index (Phi) is 5.74. The summed E-state index contributed by atoms with van der Waals surface area (Å²) >= 11 is 0. The van der Waals surface area contributed by atoms with Gasteiger partial charge in [0.05, 0.1) is 17.4 Å². The second-order valence-electron chi connectivity index (χ2n) is 9.04. The Morgan fingerprint density at radius 1 is 1.09 bits per heavy atom. The van der Waals surface area contributed by atoms with Crippen LogP contribution in [0.3, 0.4) is 0 Å². The lowest BCUT2D eigenvalue weighted by atomic mass is 9.97. The molecule has 174 valence electrons. The number of nitrogens with zero attached hydrogens (tertiary/aromatic N) is 2. The third kappa shape index (κ3) is 4.68. The average molecular weight is 469 g/mol. The van der Waals surface area contributed by atoms with Crippen LogP contribution in [-0.2, 0) is 27.7 Å². The summed E-state index contributed by atoms with van der Waals surface area (Å²) in [6.07, 6.45) is 8.72. The molecule has 33 heavy (non-hydrogen) atoms. The van der Waals surface area contributed by atoms with Crippen LogP contribution in [0.4, 0.5) is 4.79 Å². The van der Waals surface area contributed by atoms with Crippen molar-refractivity contribution in [3.8, 4) is 0 Å². The topological polar surface area (TPSA) is 98.8 Å². The molecule has 0 saturated carbocycles. The van der Waals surface area contributed by atoms with Crippen LogP contribution in [0.2, 0.25) is 0 Å². The van der Waals surface area contributed by atoms with Crippen molar-refractivity contribution >= 4 is 21.8 Å². The number of carbonyl (C=O) groups is 2. The number of sulfone groups is 1. The van der Waals surface area contributed by atoms with E-state index in [1.165, 1.54) is 11.1 Å². The van der Waals surface area contributed by atoms with E-state index >= 15 is 0 Å². The maximum absolute atomic E-state index is 12.6. The summed E-state index contributed by atoms with van der Waals surface area (Å²) in [5, 5.41) is 6.24. The molecule has 1 fully saturated rings. The summed E-state index contributed by atoms with van der Waals surface area (Å²) in [4.78, 5) is 28.8. The summed E-state index contributed by atoms with van der Waals surface area (Å²) in [6, 6.07) is 7.99. The summed E-state index contributed by atoms with van der Waals surface area (Å²) in [7, 11) is -3.06. The van der Waals surface area contributed by atoms with Crippen molar-refractivity contribution in [1.82, 2.24) is 20.4 Å². The fraction of sp³-hybridized carbons (Fsp3) is 0.417. The normalized spacial score (nSPS) is 25.7. The second-order valence-corrected chi connectivity index (χ2v) is 11.3. The van der Waals surface area contributed by atoms with Crippen LogP contribution in [0.15, 0.2) is 59.8 Å². The first-order valence-electron chi connectivity index (χ1n) is 11.3. The fourth-order valence-corrected chi connectivity index (χ4v) is 6.59. The van der Waals surface area contributed by atoms with E-state index in [0.29, 0.717) is 39.0 Å². The first-order chi connectivity index (χ1) is 15.9. The van der Waals surface area contributed by atoms with Gasteiger partial charge < -0.3 is 20.4 Å². The van der Waals surface area contributed by atoms with Crippen molar-refractivity contribution in [2.24, 2.45) is 5.92 Å². The number of hydrogen-bond donors (Lipinski definition) is 2. The number of fused-ring (bicyclic) bond motifs is 1. The molecule has 4 heterocycles. The van der Waals surface area contributed by atoms with E-state index < -0.39 is 15.8 Å². The molecule has 0 radical (unpaired) electrons. The zero-order valence-electron chi connectivity index (χ0n) is 18.4. The predicted octanol–water partition coefficient (Wildman–Crippen LogP) is 1.67. The lowest BCUT2D eigenvalue weighted by Crippen LogP contribution is -2.47. The van der Waals surface area contributed by atoms with Gasteiger partial charge in [-0.1, -0.05) is 36.4 Å². The monoisotopic (exact) mass is 468 g/mol. The highest BCUT2D eigenvalue weighted by Gasteiger charge is 2.35. The lowest BCUT2D eigenvalue weighted by Gasteiger charge is -2.30. The Bertz CT molecular complexity index is 1150. The molecule has 2 atom stereocenters. The van der Waals surface area contributed by atoms with Crippen molar-refractivity contribution in [2.45, 2.75) is 32.1 Å². The van der Waals surface area contributed by atoms with Gasteiger partial charge in [-0.25, -0.2) is 13.2 Å². The Hall–Kier alpha value is -3.07. The van der Waals surface area contributed by atoms with Gasteiger partial charge in [0.1, 0.15) is 6.17 Å². The number of benzene rings is 1. The zero-order chi connectivity index (χ0) is 23.0. The maximum Gasteiger partial charge on any atom is 0.319 e. The van der Waals surface area contributed by atoms with Crippen LogP contribution < -0.4 is 10.6 Å². The van der Waals surface area contributed by atoms with E-state index in [2.05, 4.69) is 22.8 Å². The zero-order valence-corrected chi connectivity index (χ0v) is 19.2. The van der Waals surface area contributed by atoms with E-state index in [4.69, 9.17) is 0 Å². The quantitative estimate of drug-likeness (QED) is 0.703. The SMILES string of the molecule is O=C(NC1C=CC(C2=CCN(C(=O)C3CCS(=O)(=O)C3)CC2)=CN1)N1Cc2ccccc2C1. The molecular weight excluding hydrogens is 440 g/mol. The van der Waals surface area contributed by atoms with Gasteiger partial charge in [0.2, 0.25) is 5.91 Å². The molecule has 0 spiro atoms. The minimum absolute atomic E-state index is 0.0205. The third-order valence-electron chi connectivity index (χ3n) is 6.77. The molecule has 4 aliphatic heterocycles. The fourth-order valence-electron chi connectivity index (χ4n) is 4.85. The molecule has 1 aromatic carbocycles. The van der Waals surface area contributed by atoms with E-state index in [0.717, 1.165) is 11.1 Å². The first kappa shape index (κ1) is 21.8. The number of dihydropyridines is 1. The van der Waals surface area contributed by atoms with Crippen LogP contribution >= 0.6 is 0 Å². The number of nitrogens with one attached hydrogen (secondary N) is 2. The van der Waals surface area contributed by atoms with Crippen molar-refractivity contribution in [1.29, 1.82) is 0 Å². The van der Waals surface area contributed by atoms with Crippen LogP contribution in [0.25, 0.3) is 0 Å². The number of hydrogen-bond acceptors (Lipinski definition) is 5. The van der Waals surface area contributed by atoms with Gasteiger partial charge in [0.15, 0.2) is 9.84 Å². The average Bonchev–Trinajstić information content (AvgIpc) is 3.42. The standard InChI is InChI=1S/C24H28N4O4S/c29-23(21-9-12-33(31,32)16-21)27-10-7-17(8-11-27)18-5-6-22(25-13-18)26-24(30)28-14-19-3-1-2-4-20(19)15-28/h1-7,13,21-22,25H,8-12,14-16H2,(H,26,30). The molecule has 2 unspecified atom stereocenters. The number of amides is 3. The van der Waals surface area contributed by atoms with Gasteiger partial charge in [-0.15, -0.1) is 0 Å². The number of carbonyl (C=O) groups excluding carboxylic acids is 2. The highest BCUT2D eigenvalue weighted by Crippen LogP contribution is 2.26. The first-order valence-corrected chi connectivity index (χ1v) is 13.2. The molecule has 0 aliphatic carbocycles. The van der Waals surface area contributed by atoms with Gasteiger partial charge in [-0.2, -0.15) is 0 Å². The molecule has 9 heteroatoms. The predicted molar refractivity (Wildman–Crippen MR) is 124 cm³/mol. The lowest BCUT2D eigenvalue weighted by molar-refractivity contribution is -0.134. The Morgan fingerprint density at radius 2 is 1.85 bits per heavy atom. The summed E-state index contributed by atoms with van der Waals surface area (Å²) in [5.41, 5.74) is 4.55. The second kappa shape index (κ2) is 8.70. The van der Waals surface area contributed by atoms with Gasteiger partial charge >= 0.3 is 6.03 Å². The highest BCUT2D eigenvalue weighted by atomic mass is 32.2. The van der Waals surface area contributed by atoms with Crippen molar-refractivity contribution in [3.05, 3.63) is 71.0 Å². The summed E-state index contributed by atoms with van der Waals surface area (Å²) in [5.74, 6) is -0.352. The van der Waals surface area contributed by atoms with Crippen LogP contribution in [0.5, 0.6) is 0 Å². The number of urea groups is 1. The van der Waals surface area contributed by atoms with Crippen molar-refractivity contribution in [2.75, 3.05) is 24.6 Å². The van der Waals surface area contributed by atoms with Crippen molar-refractivity contribution in [3.63, 3.8) is 0 Å². The molecule has 1 aromatic rings. The molecule has 0 bridgehead atoms. The molecule has 8 nitrogen and oxygen atoms in total. The molecule has 5 rings (SSSR count). The van der Waals surface area contributed by atoms with Crippen molar-refractivity contribution < 1.29 is 18.0 Å². The minimum Gasteiger partial charge on any atom is -0.367 e. The largest absolute Gasteiger partial charge is 0.367 e. The van der Waals surface area contributed by atoms with Gasteiger partial charge in [-0.05, 0) is 41.2 Å². The summed E-state index contributed by atoms with van der Waals surface area (Å²) < 4.78 is 23.3. The van der Waals surface area contributed by atoms with Crippen LogP contribution in [0, 0.1) is 5.92 Å². The maximum atomic E-state index is 12.6. The highest BCUT2D eigenvalue weighted by molar-refractivity contribution is 7.91. The number of rotatable bonds is 3. The van der Waals surface area contributed by atoms with E-state index in [1.54, 1.807) is 9.80 Å². The molecule has 1 saturated heterocycles. The van der Waals surface area contributed by atoms with E-state index in [1.807, 2.05) is 36.6 Å². The van der Waals surface area contributed by atoms with Crippen LogP contribution in [0.1, 0.15) is 24.0 Å². The minimum atomic E-state index is -3.06. The summed E-state index contributed by atoms with van der Waals surface area (Å²) in [6.45, 7) is 2.32. The molecule has 4 aliphatic rings. The van der Waals surface area contributed by atoms with Gasteiger partial charge in [-0.3, -0.25) is 4.79 Å². The number of allylic oxidation sites excluding steroid dienone is 2. The Morgan fingerprint density at radius 3 is 2.42 bits per heavy atom. The molecule has 2 N–H and O–H groups in total. The van der Waals surface area contributed by atoms with E-state index in [9.17, 15) is 18.0 Å². The Labute approximate surface area is 193 Å². The Balaban J connectivity index is 1.12. The molecule has 0 aromatic heterocycles. The van der Waals surface area contributed by atoms with Gasteiger partial charge in [0.25, 0.3) is 0 Å². The smallest absolute Gasteiger partial charge is 0.319 e. The van der Waals surface area contributed by atoms with Gasteiger partial charge in [0, 0.05) is 32.4 Å². The van der Waals surface area contributed by atoms with Crippen LogP contribution in [-0.4, -0.2) is 60.9 Å². The third-order valence-corrected chi connectivity index (χ3v) is 8.53. The molecule has 3 amide bonds. The molecular formula is C24H28N4O4S.